The molecule has 4 heteroatoms. The number of carbonyl (C=O) groups is 1. The molecule has 1 aromatic heterocycles. The summed E-state index contributed by atoms with van der Waals surface area (Å²) in [5, 5.41) is 5.14. The molecular weight excluding hydrogens is 304 g/mol. The van der Waals surface area contributed by atoms with E-state index < -0.39 is 0 Å². The van der Waals surface area contributed by atoms with Crippen LogP contribution >= 0.6 is 11.8 Å². The summed E-state index contributed by atoms with van der Waals surface area (Å²) >= 11 is 1.83. The first kappa shape index (κ1) is 14.3. The van der Waals surface area contributed by atoms with E-state index in [2.05, 4.69) is 22.4 Å². The Morgan fingerprint density at radius 3 is 2.87 bits per heavy atom. The first-order valence-corrected chi connectivity index (χ1v) is 8.67. The Kier molecular flexibility index (Phi) is 3.75. The van der Waals surface area contributed by atoms with Crippen molar-refractivity contribution < 1.29 is 4.79 Å². The molecule has 3 nitrogen and oxygen atoms in total. The predicted molar refractivity (Wildman–Crippen MR) is 94.9 cm³/mol. The van der Waals surface area contributed by atoms with Gasteiger partial charge in [0.2, 0.25) is 5.91 Å². The van der Waals surface area contributed by atoms with Crippen LogP contribution in [0.2, 0.25) is 0 Å². The number of benzene rings is 2. The van der Waals surface area contributed by atoms with Crippen molar-refractivity contribution in [3.63, 3.8) is 0 Å². The summed E-state index contributed by atoms with van der Waals surface area (Å²) in [6.07, 6.45) is 4.41. The standard InChI is InChI=1S/C19H16N2OS/c22-19(16-9-10-23-18-8-4-3-7-15(16)18)21-17-12-20-11-13-5-1-2-6-14(13)17/h1-8,11-12,16H,9-10H2,(H,21,22). The third-order valence-corrected chi connectivity index (χ3v) is 5.32. The lowest BCUT2D eigenvalue weighted by molar-refractivity contribution is -0.117. The van der Waals surface area contributed by atoms with Crippen LogP contribution in [0.25, 0.3) is 10.8 Å². The summed E-state index contributed by atoms with van der Waals surface area (Å²) in [6.45, 7) is 0. The maximum atomic E-state index is 12.8. The van der Waals surface area contributed by atoms with Gasteiger partial charge in [0.25, 0.3) is 0 Å². The number of fused-ring (bicyclic) bond motifs is 2. The van der Waals surface area contributed by atoms with Gasteiger partial charge in [-0.1, -0.05) is 42.5 Å². The summed E-state index contributed by atoms with van der Waals surface area (Å²) in [4.78, 5) is 18.3. The van der Waals surface area contributed by atoms with E-state index in [1.165, 1.54) is 4.90 Å². The zero-order valence-corrected chi connectivity index (χ0v) is 13.3. The van der Waals surface area contributed by atoms with Crippen LogP contribution in [-0.2, 0) is 4.79 Å². The van der Waals surface area contributed by atoms with Gasteiger partial charge in [0.15, 0.2) is 0 Å². The first-order chi connectivity index (χ1) is 11.3. The molecule has 0 radical (unpaired) electrons. The number of pyridine rings is 1. The van der Waals surface area contributed by atoms with Crippen LogP contribution in [0.3, 0.4) is 0 Å². The molecule has 2 aromatic carbocycles. The van der Waals surface area contributed by atoms with Crippen molar-refractivity contribution in [2.24, 2.45) is 0 Å². The summed E-state index contributed by atoms with van der Waals surface area (Å²) < 4.78 is 0. The minimum atomic E-state index is -0.0913. The van der Waals surface area contributed by atoms with Gasteiger partial charge in [-0.25, -0.2) is 0 Å². The van der Waals surface area contributed by atoms with Crippen molar-refractivity contribution >= 4 is 34.1 Å². The summed E-state index contributed by atoms with van der Waals surface area (Å²) in [5.41, 5.74) is 1.92. The molecule has 114 valence electrons. The topological polar surface area (TPSA) is 42.0 Å². The van der Waals surface area contributed by atoms with Gasteiger partial charge in [-0.05, 0) is 23.8 Å². The second kappa shape index (κ2) is 6.05. The number of rotatable bonds is 2. The average Bonchev–Trinajstić information content (AvgIpc) is 2.61. The van der Waals surface area contributed by atoms with E-state index >= 15 is 0 Å². The van der Waals surface area contributed by atoms with Crippen LogP contribution in [-0.4, -0.2) is 16.6 Å². The van der Waals surface area contributed by atoms with Gasteiger partial charge in [0.1, 0.15) is 0 Å². The Morgan fingerprint density at radius 1 is 1.09 bits per heavy atom. The monoisotopic (exact) mass is 320 g/mol. The number of nitrogens with one attached hydrogen (secondary N) is 1. The van der Waals surface area contributed by atoms with E-state index in [9.17, 15) is 4.79 Å². The highest BCUT2D eigenvalue weighted by Crippen LogP contribution is 2.38. The maximum Gasteiger partial charge on any atom is 0.232 e. The van der Waals surface area contributed by atoms with Crippen LogP contribution < -0.4 is 5.32 Å². The van der Waals surface area contributed by atoms with Crippen LogP contribution in [0.4, 0.5) is 5.69 Å². The molecule has 0 spiro atoms. The highest BCUT2D eigenvalue weighted by Gasteiger charge is 2.26. The van der Waals surface area contributed by atoms with Crippen LogP contribution in [0.1, 0.15) is 17.9 Å². The Bertz CT molecular complexity index is 873. The number of nitrogens with zero attached hydrogens (tertiary/aromatic N) is 1. The van der Waals surface area contributed by atoms with Crippen molar-refractivity contribution in [2.45, 2.75) is 17.2 Å². The Balaban J connectivity index is 1.66. The molecule has 3 aromatic rings. The van der Waals surface area contributed by atoms with Gasteiger partial charge in [-0.3, -0.25) is 9.78 Å². The van der Waals surface area contributed by atoms with E-state index in [4.69, 9.17) is 0 Å². The molecule has 1 aliphatic rings. The normalized spacial score (nSPS) is 16.8. The summed E-state index contributed by atoms with van der Waals surface area (Å²) in [7, 11) is 0. The lowest BCUT2D eigenvalue weighted by atomic mass is 9.94. The number of thioether (sulfide) groups is 1. The predicted octanol–water partition coefficient (Wildman–Crippen LogP) is 4.45. The first-order valence-electron chi connectivity index (χ1n) is 7.68. The number of hydrogen-bond donors (Lipinski definition) is 1. The molecule has 1 amide bonds. The molecule has 1 N–H and O–H groups in total. The SMILES string of the molecule is O=C(Nc1cncc2ccccc12)C1CCSc2ccccc21. The van der Waals surface area contributed by atoms with E-state index in [0.29, 0.717) is 0 Å². The molecule has 23 heavy (non-hydrogen) atoms. The van der Waals surface area contributed by atoms with Gasteiger partial charge in [0, 0.05) is 21.9 Å². The molecule has 2 heterocycles. The van der Waals surface area contributed by atoms with Gasteiger partial charge >= 0.3 is 0 Å². The molecule has 0 saturated heterocycles. The third kappa shape index (κ3) is 2.70. The number of anilines is 1. The van der Waals surface area contributed by atoms with E-state index in [1.807, 2.05) is 54.4 Å². The van der Waals surface area contributed by atoms with Crippen molar-refractivity contribution in [3.8, 4) is 0 Å². The van der Waals surface area contributed by atoms with Crippen LogP contribution in [0.5, 0.6) is 0 Å². The molecule has 0 fully saturated rings. The van der Waals surface area contributed by atoms with Gasteiger partial charge in [-0.15, -0.1) is 11.8 Å². The highest BCUT2D eigenvalue weighted by atomic mass is 32.2. The smallest absolute Gasteiger partial charge is 0.232 e. The maximum absolute atomic E-state index is 12.8. The largest absolute Gasteiger partial charge is 0.324 e. The van der Waals surface area contributed by atoms with Crippen LogP contribution in [0.15, 0.2) is 65.8 Å². The molecule has 1 aliphatic heterocycles. The zero-order chi connectivity index (χ0) is 15.6. The molecule has 0 saturated carbocycles. The Hall–Kier alpha value is -2.33. The Labute approximate surface area is 139 Å². The number of carbonyl (C=O) groups excluding carboxylic acids is 1. The highest BCUT2D eigenvalue weighted by molar-refractivity contribution is 7.99. The lowest BCUT2D eigenvalue weighted by Gasteiger charge is -2.24. The number of amides is 1. The summed E-state index contributed by atoms with van der Waals surface area (Å²) in [5.74, 6) is 0.936. The summed E-state index contributed by atoms with van der Waals surface area (Å²) in [6, 6.07) is 16.2. The zero-order valence-electron chi connectivity index (χ0n) is 12.5. The Morgan fingerprint density at radius 2 is 1.91 bits per heavy atom. The van der Waals surface area contributed by atoms with E-state index in [0.717, 1.165) is 34.2 Å². The van der Waals surface area contributed by atoms with Gasteiger partial charge in [-0.2, -0.15) is 0 Å². The van der Waals surface area contributed by atoms with E-state index in [1.54, 1.807) is 6.20 Å². The van der Waals surface area contributed by atoms with Gasteiger partial charge in [0.05, 0.1) is 17.8 Å². The van der Waals surface area contributed by atoms with Crippen molar-refractivity contribution in [2.75, 3.05) is 11.1 Å². The molecule has 1 atom stereocenters. The van der Waals surface area contributed by atoms with Gasteiger partial charge < -0.3 is 5.32 Å². The van der Waals surface area contributed by atoms with Crippen LogP contribution in [0, 0.1) is 0 Å². The van der Waals surface area contributed by atoms with Crippen molar-refractivity contribution in [3.05, 3.63) is 66.5 Å². The van der Waals surface area contributed by atoms with E-state index in [-0.39, 0.29) is 11.8 Å². The quantitative estimate of drug-likeness (QED) is 0.758. The molecule has 4 rings (SSSR count). The fourth-order valence-electron chi connectivity index (χ4n) is 3.05. The lowest BCUT2D eigenvalue weighted by Crippen LogP contribution is -2.24. The third-order valence-electron chi connectivity index (χ3n) is 4.20. The van der Waals surface area contributed by atoms with Crippen molar-refractivity contribution in [1.29, 1.82) is 0 Å². The minimum Gasteiger partial charge on any atom is -0.324 e. The second-order valence-electron chi connectivity index (χ2n) is 5.62. The molecular formula is C19H16N2OS. The average molecular weight is 320 g/mol. The fraction of sp³-hybridized carbons (Fsp3) is 0.158. The minimum absolute atomic E-state index is 0.0518. The molecule has 1 unspecified atom stereocenters. The second-order valence-corrected chi connectivity index (χ2v) is 6.76. The number of hydrogen-bond acceptors (Lipinski definition) is 3. The molecule has 0 bridgehead atoms. The molecule has 0 aliphatic carbocycles. The fourth-order valence-corrected chi connectivity index (χ4v) is 4.18. The number of aromatic nitrogens is 1. The van der Waals surface area contributed by atoms with Crippen molar-refractivity contribution in [1.82, 2.24) is 4.98 Å².